The number of rotatable bonds is 3. The van der Waals surface area contributed by atoms with Crippen molar-refractivity contribution in [2.75, 3.05) is 0 Å². The van der Waals surface area contributed by atoms with Gasteiger partial charge in [-0.1, -0.05) is 6.07 Å². The Morgan fingerprint density at radius 3 is 3.18 bits per heavy atom. The average molecular weight is 343 g/mol. The van der Waals surface area contributed by atoms with Crippen LogP contribution in [-0.4, -0.2) is 4.98 Å². The third-order valence-electron chi connectivity index (χ3n) is 3.37. The summed E-state index contributed by atoms with van der Waals surface area (Å²) in [6.45, 7) is 1.95. The summed E-state index contributed by atoms with van der Waals surface area (Å²) in [5.74, 6) is 0.660. The number of nitrogens with two attached hydrogens (primary N) is 1. The molecule has 4 heteroatoms. The van der Waals surface area contributed by atoms with E-state index in [2.05, 4.69) is 37.4 Å². The van der Waals surface area contributed by atoms with Gasteiger partial charge in [-0.2, -0.15) is 0 Å². The van der Waals surface area contributed by atoms with Gasteiger partial charge in [0, 0.05) is 23.3 Å². The fourth-order valence-corrected chi connectivity index (χ4v) is 3.00. The van der Waals surface area contributed by atoms with E-state index >= 15 is 0 Å². The van der Waals surface area contributed by atoms with Crippen LogP contribution in [0.5, 0.6) is 0 Å². The maximum atomic E-state index is 5.86. The van der Waals surface area contributed by atoms with Gasteiger partial charge in [0.15, 0.2) is 0 Å². The summed E-state index contributed by atoms with van der Waals surface area (Å²) in [5, 5.41) is 0. The number of halogens is 1. The van der Waals surface area contributed by atoms with Gasteiger partial charge in [-0.25, -0.2) is 0 Å². The van der Waals surface area contributed by atoms with Gasteiger partial charge in [0.1, 0.15) is 0 Å². The van der Waals surface area contributed by atoms with E-state index in [4.69, 9.17) is 5.73 Å². The van der Waals surface area contributed by atoms with Crippen LogP contribution in [0.3, 0.4) is 0 Å². The second-order valence-corrected chi connectivity index (χ2v) is 5.22. The Labute approximate surface area is 116 Å². The molecule has 0 aromatic carbocycles. The Balaban J connectivity index is 2.06. The predicted octanol–water partition coefficient (Wildman–Crippen LogP) is 2.71. The van der Waals surface area contributed by atoms with Crippen LogP contribution in [-0.2, 0) is 12.8 Å². The third kappa shape index (κ3) is 3.12. The molecule has 1 aromatic heterocycles. The number of nitrogens with zero attached hydrogens (tertiary/aromatic N) is 1. The Morgan fingerprint density at radius 2 is 2.47 bits per heavy atom. The van der Waals surface area contributed by atoms with Crippen LogP contribution in [0.15, 0.2) is 29.7 Å². The van der Waals surface area contributed by atoms with Gasteiger partial charge in [-0.15, -0.1) is 0 Å². The molecule has 1 aliphatic rings. The van der Waals surface area contributed by atoms with E-state index < -0.39 is 0 Å². The van der Waals surface area contributed by atoms with Gasteiger partial charge >= 0.3 is 0 Å². The van der Waals surface area contributed by atoms with Crippen LogP contribution < -0.4 is 9.26 Å². The second kappa shape index (κ2) is 5.71. The lowest BCUT2D eigenvalue weighted by Crippen LogP contribution is -2.19. The lowest BCUT2D eigenvalue weighted by atomic mass is 9.84. The maximum absolute atomic E-state index is 5.86. The molecular weight excluding hydrogens is 325 g/mol. The molecule has 0 radical (unpaired) electrons. The van der Waals surface area contributed by atoms with Gasteiger partial charge in [-0.05, 0) is 50.2 Å². The number of allylic oxidation sites excluding steroid dienone is 2. The monoisotopic (exact) mass is 343 g/mol. The number of pyridine rings is 1. The standard InChI is InChI=1S/C13H18IN3/c1-9(15)12(17-14)7-10-4-5-11-3-2-6-16-13(11)8-10/h2-3,6,10,17H,4-5,7-8,15H2,1H3/b12-9-. The number of aryl methyl sites for hydroxylation is 1. The number of fused-ring (bicyclic) bond motifs is 1. The first-order valence-electron chi connectivity index (χ1n) is 5.95. The lowest BCUT2D eigenvalue weighted by Gasteiger charge is -2.24. The second-order valence-electron chi connectivity index (χ2n) is 4.68. The van der Waals surface area contributed by atoms with Crippen molar-refractivity contribution in [3.8, 4) is 0 Å². The number of aromatic nitrogens is 1. The SMILES string of the molecule is C/C(N)=C(\CC1CCc2cccnc2C1)NI. The molecular formula is C13H18IN3. The molecule has 92 valence electrons. The largest absolute Gasteiger partial charge is 0.401 e. The van der Waals surface area contributed by atoms with E-state index in [0.29, 0.717) is 5.92 Å². The molecule has 3 nitrogen and oxygen atoms in total. The van der Waals surface area contributed by atoms with Gasteiger partial charge < -0.3 is 9.26 Å². The van der Waals surface area contributed by atoms with Crippen LogP contribution in [0.2, 0.25) is 0 Å². The molecule has 0 aliphatic heterocycles. The highest BCUT2D eigenvalue weighted by Crippen LogP contribution is 2.28. The first kappa shape index (κ1) is 12.7. The Morgan fingerprint density at radius 1 is 1.65 bits per heavy atom. The molecule has 0 spiro atoms. The fraction of sp³-hybridized carbons (Fsp3) is 0.462. The number of hydrogen-bond acceptors (Lipinski definition) is 3. The van der Waals surface area contributed by atoms with Gasteiger partial charge in [0.2, 0.25) is 0 Å². The maximum Gasteiger partial charge on any atom is 0.0558 e. The molecule has 0 saturated carbocycles. The van der Waals surface area contributed by atoms with E-state index in [1.165, 1.54) is 17.7 Å². The highest BCUT2D eigenvalue weighted by atomic mass is 127. The molecule has 3 N–H and O–H groups in total. The van der Waals surface area contributed by atoms with Crippen molar-refractivity contribution in [3.05, 3.63) is 41.0 Å². The van der Waals surface area contributed by atoms with Gasteiger partial charge in [-0.3, -0.25) is 4.98 Å². The summed E-state index contributed by atoms with van der Waals surface area (Å²) in [6, 6.07) is 4.22. The Kier molecular flexibility index (Phi) is 4.25. The van der Waals surface area contributed by atoms with Crippen molar-refractivity contribution in [2.24, 2.45) is 11.7 Å². The summed E-state index contributed by atoms with van der Waals surface area (Å²) >= 11 is 2.16. The zero-order valence-electron chi connectivity index (χ0n) is 10.0. The highest BCUT2D eigenvalue weighted by Gasteiger charge is 2.20. The van der Waals surface area contributed by atoms with Crippen molar-refractivity contribution >= 4 is 22.9 Å². The van der Waals surface area contributed by atoms with Crippen LogP contribution in [0, 0.1) is 5.92 Å². The van der Waals surface area contributed by atoms with E-state index in [-0.39, 0.29) is 0 Å². The summed E-state index contributed by atoms with van der Waals surface area (Å²) in [6.07, 6.45) is 6.37. The molecule has 0 amide bonds. The molecule has 17 heavy (non-hydrogen) atoms. The first-order valence-corrected chi connectivity index (χ1v) is 7.03. The van der Waals surface area contributed by atoms with Gasteiger partial charge in [0.25, 0.3) is 0 Å². The quantitative estimate of drug-likeness (QED) is 0.655. The summed E-state index contributed by atoms with van der Waals surface area (Å²) in [5.41, 5.74) is 10.6. The minimum absolute atomic E-state index is 0.660. The zero-order chi connectivity index (χ0) is 12.3. The molecule has 1 atom stereocenters. The average Bonchev–Trinajstić information content (AvgIpc) is 2.35. The van der Waals surface area contributed by atoms with Crippen molar-refractivity contribution in [2.45, 2.75) is 32.6 Å². The van der Waals surface area contributed by atoms with E-state index in [1.807, 2.05) is 19.2 Å². The molecule has 0 saturated heterocycles. The smallest absolute Gasteiger partial charge is 0.0558 e. The first-order chi connectivity index (χ1) is 8.20. The molecule has 1 unspecified atom stereocenters. The minimum atomic E-state index is 0.660. The number of hydrogen-bond donors (Lipinski definition) is 2. The normalized spacial score (nSPS) is 20.5. The van der Waals surface area contributed by atoms with E-state index in [0.717, 1.165) is 30.7 Å². The van der Waals surface area contributed by atoms with Crippen LogP contribution in [0.1, 0.15) is 31.0 Å². The summed E-state index contributed by atoms with van der Waals surface area (Å²) in [7, 11) is 0. The van der Waals surface area contributed by atoms with Crippen molar-refractivity contribution in [1.82, 2.24) is 8.51 Å². The minimum Gasteiger partial charge on any atom is -0.401 e. The summed E-state index contributed by atoms with van der Waals surface area (Å²) in [4.78, 5) is 4.48. The van der Waals surface area contributed by atoms with E-state index in [9.17, 15) is 0 Å². The highest BCUT2D eigenvalue weighted by molar-refractivity contribution is 14.1. The van der Waals surface area contributed by atoms with Crippen LogP contribution in [0.4, 0.5) is 0 Å². The fourth-order valence-electron chi connectivity index (χ4n) is 2.35. The molecule has 1 aliphatic carbocycles. The van der Waals surface area contributed by atoms with Crippen LogP contribution in [0.25, 0.3) is 0 Å². The van der Waals surface area contributed by atoms with E-state index in [1.54, 1.807) is 0 Å². The summed E-state index contributed by atoms with van der Waals surface area (Å²) < 4.78 is 3.18. The van der Waals surface area contributed by atoms with Gasteiger partial charge in [0.05, 0.1) is 22.9 Å². The molecule has 1 heterocycles. The van der Waals surface area contributed by atoms with Crippen molar-refractivity contribution in [1.29, 1.82) is 0 Å². The topological polar surface area (TPSA) is 50.9 Å². The molecule has 2 rings (SSSR count). The third-order valence-corrected chi connectivity index (χ3v) is 4.02. The predicted molar refractivity (Wildman–Crippen MR) is 78.4 cm³/mol. The molecule has 0 fully saturated rings. The number of nitrogens with one attached hydrogen (secondary N) is 1. The lowest BCUT2D eigenvalue weighted by molar-refractivity contribution is 0.443. The molecule has 1 aromatic rings. The van der Waals surface area contributed by atoms with Crippen molar-refractivity contribution in [3.63, 3.8) is 0 Å². The Bertz CT molecular complexity index is 424. The Hall–Kier alpha value is -0.780. The van der Waals surface area contributed by atoms with Crippen molar-refractivity contribution < 1.29 is 0 Å². The zero-order valence-corrected chi connectivity index (χ0v) is 12.2. The van der Waals surface area contributed by atoms with Crippen LogP contribution >= 0.6 is 22.9 Å². The molecule has 0 bridgehead atoms.